The highest BCUT2D eigenvalue weighted by molar-refractivity contribution is 7.91. The molecule has 1 aromatic heterocycles. The molecule has 1 unspecified atom stereocenters. The van der Waals surface area contributed by atoms with Crippen LogP contribution in [0.3, 0.4) is 0 Å². The molecule has 8 heteroatoms. The number of unbranched alkanes of at least 4 members (excludes halogenated alkanes) is 1. The minimum Gasteiger partial charge on any atom is -0.360 e. The fourth-order valence-corrected chi connectivity index (χ4v) is 4.83. The molecule has 1 amide bonds. The number of carbonyl (C=O) groups excluding carboxylic acids is 1. The molecule has 1 atom stereocenters. The number of aryl methyl sites for hydroxylation is 1. The van der Waals surface area contributed by atoms with Crippen molar-refractivity contribution in [1.29, 1.82) is 0 Å². The zero-order valence-corrected chi connectivity index (χ0v) is 16.3. The highest BCUT2D eigenvalue weighted by Gasteiger charge is 2.34. The molecule has 0 saturated carbocycles. The normalized spacial score (nSPS) is 19.0. The Morgan fingerprint density at radius 2 is 2.04 bits per heavy atom. The Labute approximate surface area is 150 Å². The smallest absolute Gasteiger partial charge is 0.272 e. The molecule has 2 rings (SSSR count). The molecule has 1 aliphatic heterocycles. The van der Waals surface area contributed by atoms with E-state index in [2.05, 4.69) is 16.9 Å². The first kappa shape index (κ1) is 19.6. The van der Waals surface area contributed by atoms with Gasteiger partial charge in [0.1, 0.15) is 17.3 Å². The molecule has 0 aromatic carbocycles. The van der Waals surface area contributed by atoms with Crippen LogP contribution in [0.25, 0.3) is 0 Å². The number of hydrogen-bond acceptors (Lipinski definition) is 6. The molecular formula is C17H28N4O3S. The predicted molar refractivity (Wildman–Crippen MR) is 98.7 cm³/mol. The van der Waals surface area contributed by atoms with E-state index in [-0.39, 0.29) is 23.5 Å². The van der Waals surface area contributed by atoms with Crippen LogP contribution in [0.1, 0.15) is 49.4 Å². The molecular weight excluding hydrogens is 340 g/mol. The highest BCUT2D eigenvalue weighted by Crippen LogP contribution is 2.21. The third kappa shape index (κ3) is 4.90. The second-order valence-corrected chi connectivity index (χ2v) is 8.81. The summed E-state index contributed by atoms with van der Waals surface area (Å²) in [5.74, 6) is 1.23. The van der Waals surface area contributed by atoms with Crippen molar-refractivity contribution in [3.05, 3.63) is 17.6 Å². The van der Waals surface area contributed by atoms with Gasteiger partial charge in [-0.25, -0.2) is 18.4 Å². The van der Waals surface area contributed by atoms with E-state index in [1.807, 2.05) is 18.9 Å². The molecule has 0 N–H and O–H groups in total. The van der Waals surface area contributed by atoms with Crippen molar-refractivity contribution in [3.8, 4) is 0 Å². The summed E-state index contributed by atoms with van der Waals surface area (Å²) in [6.45, 7) is 7.08. The van der Waals surface area contributed by atoms with E-state index in [1.165, 1.54) is 0 Å². The SMILES string of the molecule is CCCCN(C)c1cc(C(=O)N(CC)C2CCS(=O)(=O)C2)nc(C)n1. The number of rotatable bonds is 7. The molecule has 0 radical (unpaired) electrons. The molecule has 1 aromatic rings. The first-order valence-electron chi connectivity index (χ1n) is 8.85. The van der Waals surface area contributed by atoms with Crippen molar-refractivity contribution >= 4 is 21.6 Å². The van der Waals surface area contributed by atoms with Gasteiger partial charge < -0.3 is 9.80 Å². The minimum atomic E-state index is -3.04. The average Bonchev–Trinajstić information content (AvgIpc) is 2.92. The summed E-state index contributed by atoms with van der Waals surface area (Å²) in [5, 5.41) is 0. The van der Waals surface area contributed by atoms with E-state index < -0.39 is 9.84 Å². The van der Waals surface area contributed by atoms with Crippen LogP contribution in [0.5, 0.6) is 0 Å². The van der Waals surface area contributed by atoms with E-state index in [9.17, 15) is 13.2 Å². The van der Waals surface area contributed by atoms with Gasteiger partial charge in [-0.1, -0.05) is 13.3 Å². The molecule has 1 fully saturated rings. The third-order valence-electron chi connectivity index (χ3n) is 4.53. The first-order chi connectivity index (χ1) is 11.8. The molecule has 7 nitrogen and oxygen atoms in total. The molecule has 0 aliphatic carbocycles. The average molecular weight is 369 g/mol. The van der Waals surface area contributed by atoms with Gasteiger partial charge in [-0.3, -0.25) is 4.79 Å². The largest absolute Gasteiger partial charge is 0.360 e. The second kappa shape index (κ2) is 8.12. The molecule has 25 heavy (non-hydrogen) atoms. The number of anilines is 1. The van der Waals surface area contributed by atoms with Gasteiger partial charge in [0.2, 0.25) is 0 Å². The Morgan fingerprint density at radius 1 is 1.32 bits per heavy atom. The van der Waals surface area contributed by atoms with E-state index in [1.54, 1.807) is 17.9 Å². The van der Waals surface area contributed by atoms with Crippen LogP contribution >= 0.6 is 0 Å². The van der Waals surface area contributed by atoms with Gasteiger partial charge >= 0.3 is 0 Å². The molecule has 0 spiro atoms. The fraction of sp³-hybridized carbons (Fsp3) is 0.706. The number of carbonyl (C=O) groups is 1. The summed E-state index contributed by atoms with van der Waals surface area (Å²) in [6, 6.07) is 1.44. The summed E-state index contributed by atoms with van der Waals surface area (Å²) in [5.41, 5.74) is 0.331. The van der Waals surface area contributed by atoms with Crippen LogP contribution < -0.4 is 4.90 Å². The van der Waals surface area contributed by atoms with Crippen LogP contribution in [0, 0.1) is 6.92 Å². The lowest BCUT2D eigenvalue weighted by molar-refractivity contribution is 0.0702. The highest BCUT2D eigenvalue weighted by atomic mass is 32.2. The summed E-state index contributed by atoms with van der Waals surface area (Å²) in [4.78, 5) is 25.3. The number of hydrogen-bond donors (Lipinski definition) is 0. The van der Waals surface area contributed by atoms with Crippen LogP contribution in [-0.2, 0) is 9.84 Å². The van der Waals surface area contributed by atoms with E-state index in [0.717, 1.165) is 25.2 Å². The Morgan fingerprint density at radius 3 is 2.60 bits per heavy atom. The third-order valence-corrected chi connectivity index (χ3v) is 6.28. The number of aromatic nitrogens is 2. The summed E-state index contributed by atoms with van der Waals surface area (Å²) < 4.78 is 23.5. The fourth-order valence-electron chi connectivity index (χ4n) is 3.10. The van der Waals surface area contributed by atoms with Crippen LogP contribution in [0.4, 0.5) is 5.82 Å². The van der Waals surface area contributed by atoms with Gasteiger partial charge in [-0.05, 0) is 26.7 Å². The maximum atomic E-state index is 12.9. The summed E-state index contributed by atoms with van der Waals surface area (Å²) in [6.07, 6.45) is 2.62. The number of nitrogens with zero attached hydrogens (tertiary/aromatic N) is 4. The zero-order chi connectivity index (χ0) is 18.6. The van der Waals surface area contributed by atoms with Crippen LogP contribution in [0.15, 0.2) is 6.07 Å². The Hall–Kier alpha value is -1.70. The molecule has 140 valence electrons. The van der Waals surface area contributed by atoms with Crippen molar-refractivity contribution in [3.63, 3.8) is 0 Å². The summed E-state index contributed by atoms with van der Waals surface area (Å²) in [7, 11) is -1.09. The Balaban J connectivity index is 2.24. The summed E-state index contributed by atoms with van der Waals surface area (Å²) >= 11 is 0. The molecule has 0 bridgehead atoms. The van der Waals surface area contributed by atoms with Gasteiger partial charge in [0.05, 0.1) is 11.5 Å². The topological polar surface area (TPSA) is 83.5 Å². The predicted octanol–water partition coefficient (Wildman–Crippen LogP) is 1.67. The Bertz CT molecular complexity index is 721. The van der Waals surface area contributed by atoms with Crippen molar-refractivity contribution in [2.24, 2.45) is 0 Å². The van der Waals surface area contributed by atoms with Crippen molar-refractivity contribution in [2.75, 3.05) is 36.5 Å². The number of sulfone groups is 1. The van der Waals surface area contributed by atoms with Crippen molar-refractivity contribution in [2.45, 2.75) is 46.1 Å². The lowest BCUT2D eigenvalue weighted by Gasteiger charge is -2.27. The quantitative estimate of drug-likeness (QED) is 0.728. The maximum absolute atomic E-state index is 12.9. The van der Waals surface area contributed by atoms with E-state index in [4.69, 9.17) is 0 Å². The standard InChI is InChI=1S/C17H28N4O3S/c1-5-7-9-20(4)16-11-15(18-13(3)19-16)17(22)21(6-2)14-8-10-25(23,24)12-14/h11,14H,5-10,12H2,1-4H3. The zero-order valence-electron chi connectivity index (χ0n) is 15.5. The molecule has 1 saturated heterocycles. The van der Waals surface area contributed by atoms with E-state index >= 15 is 0 Å². The molecule has 2 heterocycles. The van der Waals surface area contributed by atoms with Gasteiger partial charge in [-0.15, -0.1) is 0 Å². The van der Waals surface area contributed by atoms with Gasteiger partial charge in [0.25, 0.3) is 5.91 Å². The Kier molecular flexibility index (Phi) is 6.37. The minimum absolute atomic E-state index is 0.0416. The van der Waals surface area contributed by atoms with Crippen molar-refractivity contribution < 1.29 is 13.2 Å². The lowest BCUT2D eigenvalue weighted by atomic mass is 10.2. The number of amides is 1. The van der Waals surface area contributed by atoms with Gasteiger partial charge in [-0.2, -0.15) is 0 Å². The van der Waals surface area contributed by atoms with Gasteiger partial charge in [0.15, 0.2) is 9.84 Å². The molecule has 1 aliphatic rings. The second-order valence-electron chi connectivity index (χ2n) is 6.58. The van der Waals surface area contributed by atoms with E-state index in [0.29, 0.717) is 24.5 Å². The van der Waals surface area contributed by atoms with Crippen LogP contribution in [-0.4, -0.2) is 66.9 Å². The lowest BCUT2D eigenvalue weighted by Crippen LogP contribution is -2.41. The van der Waals surface area contributed by atoms with Crippen LogP contribution in [0.2, 0.25) is 0 Å². The first-order valence-corrected chi connectivity index (χ1v) is 10.7. The van der Waals surface area contributed by atoms with Crippen molar-refractivity contribution in [1.82, 2.24) is 14.9 Å². The van der Waals surface area contributed by atoms with Gasteiger partial charge in [0, 0.05) is 32.2 Å². The monoisotopic (exact) mass is 368 g/mol. The maximum Gasteiger partial charge on any atom is 0.272 e.